The maximum absolute atomic E-state index is 11.9. The highest BCUT2D eigenvalue weighted by molar-refractivity contribution is 5.81. The Kier molecular flexibility index (Phi) is 7.99. The van der Waals surface area contributed by atoms with Crippen molar-refractivity contribution in [1.29, 1.82) is 0 Å². The normalized spacial score (nSPS) is 11.9. The van der Waals surface area contributed by atoms with Crippen LogP contribution in [-0.2, 0) is 19.3 Å². The lowest BCUT2D eigenvalue weighted by Crippen LogP contribution is -2.49. The first-order valence-corrected chi connectivity index (χ1v) is 6.19. The Morgan fingerprint density at radius 2 is 1.65 bits per heavy atom. The van der Waals surface area contributed by atoms with Gasteiger partial charge in [0.1, 0.15) is 6.61 Å². The molecule has 0 aromatic heterocycles. The van der Waals surface area contributed by atoms with Crippen LogP contribution in [0.25, 0.3) is 0 Å². The van der Waals surface area contributed by atoms with E-state index >= 15 is 0 Å². The molecule has 0 rings (SSSR count). The minimum absolute atomic E-state index is 0.0730. The highest BCUT2D eigenvalue weighted by Gasteiger charge is 2.39. The fourth-order valence-corrected chi connectivity index (χ4v) is 1.44. The number of nitrogens with one attached hydrogen (secondary N) is 1. The van der Waals surface area contributed by atoms with Gasteiger partial charge in [0, 0.05) is 12.0 Å². The number of hydrogen-bond acceptors (Lipinski definition) is 10. The van der Waals surface area contributed by atoms with E-state index in [0.29, 0.717) is 0 Å². The average molecular weight is 340 g/mol. The van der Waals surface area contributed by atoms with Crippen LogP contribution in [0.3, 0.4) is 0 Å². The zero-order valence-electron chi connectivity index (χ0n) is 12.3. The quantitative estimate of drug-likeness (QED) is 0.276. The molecular formula is C9H16N4O10. The molecule has 1 atom stereocenters. The Bertz CT molecular complexity index is 454. The van der Waals surface area contributed by atoms with Gasteiger partial charge in [-0.1, -0.05) is 13.8 Å². The molecule has 0 radical (unpaired) electrons. The molecule has 1 amide bonds. The molecule has 0 aliphatic carbocycles. The van der Waals surface area contributed by atoms with Crippen molar-refractivity contribution in [2.75, 3.05) is 19.8 Å². The molecule has 132 valence electrons. The van der Waals surface area contributed by atoms with E-state index in [1.165, 1.54) is 13.8 Å². The van der Waals surface area contributed by atoms with Crippen molar-refractivity contribution in [2.24, 2.45) is 5.41 Å². The summed E-state index contributed by atoms with van der Waals surface area (Å²) in [6.07, 6.45) is -1.60. The molecule has 0 spiro atoms. The molecular weight excluding hydrogens is 324 g/mol. The maximum Gasteiger partial charge on any atom is 0.295 e. The summed E-state index contributed by atoms with van der Waals surface area (Å²) in [5.74, 6) is -0.917. The predicted octanol–water partition coefficient (Wildman–Crippen LogP) is -0.488. The summed E-state index contributed by atoms with van der Waals surface area (Å²) in [7, 11) is 0. The lowest BCUT2D eigenvalue weighted by atomic mass is 9.87. The van der Waals surface area contributed by atoms with Crippen molar-refractivity contribution in [3.05, 3.63) is 30.3 Å². The Hall–Kier alpha value is -2.93. The number of carbonyl (C=O) groups excluding carboxylic acids is 1. The molecule has 23 heavy (non-hydrogen) atoms. The molecule has 14 nitrogen and oxygen atoms in total. The van der Waals surface area contributed by atoms with Crippen LogP contribution in [0.15, 0.2) is 0 Å². The second kappa shape index (κ2) is 9.16. The van der Waals surface area contributed by atoms with Gasteiger partial charge in [-0.25, -0.2) is 0 Å². The zero-order valence-corrected chi connectivity index (χ0v) is 12.3. The van der Waals surface area contributed by atoms with Crippen LogP contribution in [0.5, 0.6) is 0 Å². The minimum Gasteiger partial charge on any atom is -0.354 e. The van der Waals surface area contributed by atoms with Crippen LogP contribution in [0.1, 0.15) is 20.3 Å². The van der Waals surface area contributed by atoms with Gasteiger partial charge >= 0.3 is 0 Å². The molecule has 0 unspecified atom stereocenters. The van der Waals surface area contributed by atoms with Crippen molar-refractivity contribution in [1.82, 2.24) is 5.32 Å². The summed E-state index contributed by atoms with van der Waals surface area (Å²) in [5.41, 5.74) is -1.39. The van der Waals surface area contributed by atoms with Gasteiger partial charge in [0.05, 0.1) is 6.61 Å². The second-order valence-electron chi connectivity index (χ2n) is 4.90. The largest absolute Gasteiger partial charge is 0.354 e. The lowest BCUT2D eigenvalue weighted by molar-refractivity contribution is -0.776. The van der Waals surface area contributed by atoms with Gasteiger partial charge in [-0.2, -0.15) is 0 Å². The van der Waals surface area contributed by atoms with Gasteiger partial charge in [-0.05, 0) is 6.42 Å². The van der Waals surface area contributed by atoms with Gasteiger partial charge in [-0.15, -0.1) is 30.3 Å². The van der Waals surface area contributed by atoms with Crippen molar-refractivity contribution in [3.63, 3.8) is 0 Å². The van der Waals surface area contributed by atoms with Gasteiger partial charge in [-0.3, -0.25) is 9.63 Å². The molecule has 14 heteroatoms. The van der Waals surface area contributed by atoms with E-state index in [-0.39, 0.29) is 19.6 Å². The van der Waals surface area contributed by atoms with Crippen molar-refractivity contribution in [2.45, 2.75) is 26.4 Å². The SMILES string of the molecule is CC(C)(CO[N+](=O)[O-])[C@@H](O[N+](=O)[O-])C(=O)NCCCO[N+](=O)[O-]. The van der Waals surface area contributed by atoms with Crippen LogP contribution in [0.4, 0.5) is 0 Å². The molecule has 0 aliphatic rings. The van der Waals surface area contributed by atoms with E-state index in [4.69, 9.17) is 0 Å². The average Bonchev–Trinajstić information content (AvgIpc) is 2.41. The monoisotopic (exact) mass is 340 g/mol. The third-order valence-electron chi connectivity index (χ3n) is 2.50. The smallest absolute Gasteiger partial charge is 0.295 e. The molecule has 0 aliphatic heterocycles. The van der Waals surface area contributed by atoms with Crippen LogP contribution in [-0.4, -0.2) is 47.0 Å². The Morgan fingerprint density at radius 1 is 1.09 bits per heavy atom. The minimum atomic E-state index is -1.67. The highest BCUT2D eigenvalue weighted by Crippen LogP contribution is 2.24. The van der Waals surface area contributed by atoms with Gasteiger partial charge < -0.3 is 15.0 Å². The molecule has 0 heterocycles. The van der Waals surface area contributed by atoms with E-state index in [0.717, 1.165) is 0 Å². The van der Waals surface area contributed by atoms with Crippen LogP contribution in [0, 0.1) is 35.8 Å². The summed E-state index contributed by atoms with van der Waals surface area (Å²) in [5, 5.41) is 29.6. The third kappa shape index (κ3) is 8.84. The summed E-state index contributed by atoms with van der Waals surface area (Å²) >= 11 is 0. The fraction of sp³-hybridized carbons (Fsp3) is 0.889. The molecule has 0 fully saturated rings. The van der Waals surface area contributed by atoms with E-state index in [9.17, 15) is 35.1 Å². The standard InChI is InChI=1S/C9H16N4O10/c1-9(2,6-22-12(17)18)7(23-13(19)20)8(14)10-4-3-5-21-11(15)16/h7H,3-6H2,1-2H3,(H,10,14)/t7-/m0/s1. The maximum atomic E-state index is 11.9. The Balaban J connectivity index is 4.62. The number of nitrogens with zero attached hydrogens (tertiary/aromatic N) is 3. The molecule has 0 aromatic rings. The fourth-order valence-electron chi connectivity index (χ4n) is 1.44. The van der Waals surface area contributed by atoms with Crippen molar-refractivity contribution >= 4 is 5.91 Å². The lowest BCUT2D eigenvalue weighted by Gasteiger charge is -2.30. The molecule has 0 saturated carbocycles. The first-order chi connectivity index (χ1) is 10.6. The topological polar surface area (TPSA) is 186 Å². The number of hydrogen-bond donors (Lipinski definition) is 1. The number of amides is 1. The molecule has 0 bridgehead atoms. The van der Waals surface area contributed by atoms with Gasteiger partial charge in [0.25, 0.3) is 15.3 Å². The molecule has 1 N–H and O–H groups in total. The van der Waals surface area contributed by atoms with Crippen LogP contribution in [0.2, 0.25) is 0 Å². The Morgan fingerprint density at radius 3 is 2.13 bits per heavy atom. The zero-order chi connectivity index (χ0) is 18.0. The van der Waals surface area contributed by atoms with Gasteiger partial charge in [0.2, 0.25) is 5.91 Å². The highest BCUT2D eigenvalue weighted by atomic mass is 17.0. The summed E-state index contributed by atoms with van der Waals surface area (Å²) in [6, 6.07) is 0. The molecule has 0 saturated heterocycles. The third-order valence-corrected chi connectivity index (χ3v) is 2.50. The summed E-state index contributed by atoms with van der Waals surface area (Å²) < 4.78 is 0. The summed E-state index contributed by atoms with van der Waals surface area (Å²) in [6.45, 7) is 1.65. The van der Waals surface area contributed by atoms with Gasteiger partial charge in [0.15, 0.2) is 6.10 Å². The second-order valence-corrected chi connectivity index (χ2v) is 4.90. The Labute approximate surface area is 129 Å². The van der Waals surface area contributed by atoms with Crippen LogP contribution < -0.4 is 5.32 Å². The van der Waals surface area contributed by atoms with E-state index in [1.807, 2.05) is 0 Å². The van der Waals surface area contributed by atoms with E-state index in [2.05, 4.69) is 19.8 Å². The van der Waals surface area contributed by atoms with E-state index in [1.54, 1.807) is 0 Å². The first-order valence-electron chi connectivity index (χ1n) is 6.19. The van der Waals surface area contributed by atoms with E-state index < -0.39 is 39.3 Å². The predicted molar refractivity (Wildman–Crippen MR) is 69.2 cm³/mol. The van der Waals surface area contributed by atoms with Crippen LogP contribution >= 0.6 is 0 Å². The number of carbonyl (C=O) groups is 1. The number of rotatable bonds is 12. The first kappa shape index (κ1) is 20.1. The summed E-state index contributed by atoms with van der Waals surface area (Å²) in [4.78, 5) is 54.9. The van der Waals surface area contributed by atoms with Crippen molar-refractivity contribution in [3.8, 4) is 0 Å². The molecule has 0 aromatic carbocycles. The van der Waals surface area contributed by atoms with Crippen molar-refractivity contribution < 1.29 is 34.6 Å².